The Morgan fingerprint density at radius 1 is 1.07 bits per heavy atom. The minimum atomic E-state index is -0.529. The zero-order valence-electron chi connectivity index (χ0n) is 23.4. The molecule has 0 unspecified atom stereocenters. The summed E-state index contributed by atoms with van der Waals surface area (Å²) in [5.74, 6) is -0.330. The number of methoxy groups -OCH3 is 1. The molecule has 0 fully saturated rings. The van der Waals surface area contributed by atoms with Crippen LogP contribution in [0.25, 0.3) is 16.9 Å². The zero-order chi connectivity index (χ0) is 28.9. The molecule has 212 valence electrons. The van der Waals surface area contributed by atoms with Crippen molar-refractivity contribution in [3.8, 4) is 16.9 Å². The summed E-state index contributed by atoms with van der Waals surface area (Å²) in [5, 5.41) is 7.47. The summed E-state index contributed by atoms with van der Waals surface area (Å²) in [5.41, 5.74) is 5.50. The molecule has 9 heteroatoms. The number of anilines is 1. The minimum Gasteiger partial charge on any atom is -0.385 e. The Morgan fingerprint density at radius 3 is 2.59 bits per heavy atom. The molecule has 7 nitrogen and oxygen atoms in total. The molecule has 0 saturated heterocycles. The van der Waals surface area contributed by atoms with Crippen molar-refractivity contribution in [3.05, 3.63) is 101 Å². The summed E-state index contributed by atoms with van der Waals surface area (Å²) in [4.78, 5) is 28.5. The molecule has 0 spiro atoms. The molecular formula is C32H33FN4O3S. The van der Waals surface area contributed by atoms with Crippen LogP contribution in [0.5, 0.6) is 0 Å². The van der Waals surface area contributed by atoms with Gasteiger partial charge in [-0.3, -0.25) is 14.5 Å². The second kappa shape index (κ2) is 12.7. The SMILES string of the molecule is COCCCNC(=O)CN1C(=O)CS[C@@H](c2ccccc2F)c2c(-c3ccccc3)nn(-c3cccc(C)c3C)c21. The van der Waals surface area contributed by atoms with E-state index in [-0.39, 0.29) is 29.9 Å². The van der Waals surface area contributed by atoms with Gasteiger partial charge in [0.2, 0.25) is 11.8 Å². The normalized spacial score (nSPS) is 15.0. The average Bonchev–Trinajstić information content (AvgIpc) is 3.30. The Morgan fingerprint density at radius 2 is 1.83 bits per heavy atom. The van der Waals surface area contributed by atoms with Gasteiger partial charge in [0, 0.05) is 37.0 Å². The molecule has 3 aromatic carbocycles. The first kappa shape index (κ1) is 28.6. The van der Waals surface area contributed by atoms with Crippen LogP contribution in [0.15, 0.2) is 72.8 Å². The maximum absolute atomic E-state index is 15.4. The Kier molecular flexibility index (Phi) is 8.85. The lowest BCUT2D eigenvalue weighted by atomic mass is 9.99. The lowest BCUT2D eigenvalue weighted by Gasteiger charge is -2.24. The van der Waals surface area contributed by atoms with Crippen LogP contribution in [-0.4, -0.2) is 54.2 Å². The number of halogens is 1. The second-order valence-corrected chi connectivity index (χ2v) is 11.1. The molecule has 1 aromatic heterocycles. The van der Waals surface area contributed by atoms with Crippen molar-refractivity contribution in [2.75, 3.05) is 37.5 Å². The number of benzene rings is 3. The standard InChI is InChI=1S/C32H33FN4O3S/c1-21-11-9-16-26(22(21)2)37-32-29(30(35-37)23-12-5-4-6-13-23)31(24-14-7-8-15-25(24)33)41-20-28(39)36(32)19-27(38)34-17-10-18-40-3/h4-9,11-16,31H,10,17-20H2,1-3H3,(H,34,38)/t31-/m0/s1. The van der Waals surface area contributed by atoms with Gasteiger partial charge in [-0.1, -0.05) is 60.7 Å². The lowest BCUT2D eigenvalue weighted by molar-refractivity contribution is -0.122. The number of carbonyl (C=O) groups is 2. The van der Waals surface area contributed by atoms with Crippen molar-refractivity contribution in [1.82, 2.24) is 15.1 Å². The number of fused-ring (bicyclic) bond motifs is 1. The Bertz CT molecular complexity index is 1560. The van der Waals surface area contributed by atoms with Crippen molar-refractivity contribution < 1.29 is 18.7 Å². The Hall–Kier alpha value is -3.95. The summed E-state index contributed by atoms with van der Waals surface area (Å²) >= 11 is 1.35. The molecule has 1 aliphatic rings. The van der Waals surface area contributed by atoms with Gasteiger partial charge < -0.3 is 10.1 Å². The van der Waals surface area contributed by atoms with Crippen molar-refractivity contribution >= 4 is 29.4 Å². The molecule has 0 saturated carbocycles. The van der Waals surface area contributed by atoms with Gasteiger partial charge in [-0.05, 0) is 43.5 Å². The first-order chi connectivity index (χ1) is 19.9. The van der Waals surface area contributed by atoms with Crippen LogP contribution < -0.4 is 10.2 Å². The molecule has 5 rings (SSSR count). The van der Waals surface area contributed by atoms with Gasteiger partial charge in [-0.15, -0.1) is 11.8 Å². The van der Waals surface area contributed by atoms with E-state index in [1.807, 2.05) is 62.4 Å². The fraction of sp³-hybridized carbons (Fsp3) is 0.281. The third-order valence-corrected chi connectivity index (χ3v) is 8.51. The quantitative estimate of drug-likeness (QED) is 0.264. The monoisotopic (exact) mass is 572 g/mol. The average molecular weight is 573 g/mol. The molecular weight excluding hydrogens is 539 g/mol. The van der Waals surface area contributed by atoms with E-state index in [4.69, 9.17) is 9.84 Å². The summed E-state index contributed by atoms with van der Waals surface area (Å²) in [6, 6.07) is 22.3. The fourth-order valence-corrected chi connectivity index (χ4v) is 6.26. The van der Waals surface area contributed by atoms with E-state index in [1.54, 1.807) is 30.0 Å². The molecule has 0 bridgehead atoms. The number of rotatable bonds is 9. The highest BCUT2D eigenvalue weighted by Gasteiger charge is 2.38. The number of nitrogens with one attached hydrogen (secondary N) is 1. The Balaban J connectivity index is 1.75. The van der Waals surface area contributed by atoms with E-state index in [2.05, 4.69) is 5.32 Å². The number of carbonyl (C=O) groups excluding carboxylic acids is 2. The smallest absolute Gasteiger partial charge is 0.240 e. The van der Waals surface area contributed by atoms with Crippen LogP contribution in [0.2, 0.25) is 0 Å². The zero-order valence-corrected chi connectivity index (χ0v) is 24.2. The van der Waals surface area contributed by atoms with Crippen LogP contribution in [-0.2, 0) is 14.3 Å². The van der Waals surface area contributed by atoms with E-state index in [9.17, 15) is 9.59 Å². The van der Waals surface area contributed by atoms with Crippen molar-refractivity contribution in [3.63, 3.8) is 0 Å². The van der Waals surface area contributed by atoms with Crippen LogP contribution in [0.3, 0.4) is 0 Å². The molecule has 1 aliphatic heterocycles. The number of nitrogens with zero attached hydrogens (tertiary/aromatic N) is 3. The number of ether oxygens (including phenoxy) is 1. The van der Waals surface area contributed by atoms with Crippen molar-refractivity contribution in [1.29, 1.82) is 0 Å². The molecule has 41 heavy (non-hydrogen) atoms. The summed E-state index contributed by atoms with van der Waals surface area (Å²) in [6.45, 7) is 4.80. The minimum absolute atomic E-state index is 0.0751. The van der Waals surface area contributed by atoms with Crippen LogP contribution >= 0.6 is 11.8 Å². The number of aromatic nitrogens is 2. The van der Waals surface area contributed by atoms with E-state index in [0.717, 1.165) is 22.4 Å². The van der Waals surface area contributed by atoms with Crippen LogP contribution in [0.1, 0.15) is 33.9 Å². The second-order valence-electron chi connectivity index (χ2n) is 9.97. The van der Waals surface area contributed by atoms with E-state index in [1.165, 1.54) is 22.7 Å². The molecule has 0 radical (unpaired) electrons. The first-order valence-corrected chi connectivity index (χ1v) is 14.6. The van der Waals surface area contributed by atoms with Gasteiger partial charge in [-0.25, -0.2) is 9.07 Å². The molecule has 1 N–H and O–H groups in total. The third-order valence-electron chi connectivity index (χ3n) is 7.28. The molecule has 0 aliphatic carbocycles. The highest BCUT2D eigenvalue weighted by molar-refractivity contribution is 8.00. The van der Waals surface area contributed by atoms with Crippen molar-refractivity contribution in [2.45, 2.75) is 25.5 Å². The first-order valence-electron chi connectivity index (χ1n) is 13.6. The Labute approximate surface area is 243 Å². The molecule has 2 amide bonds. The molecule has 1 atom stereocenters. The maximum atomic E-state index is 15.4. The van der Waals surface area contributed by atoms with E-state index in [0.29, 0.717) is 42.2 Å². The predicted octanol–water partition coefficient (Wildman–Crippen LogP) is 5.62. The number of amides is 2. The topological polar surface area (TPSA) is 76.5 Å². The van der Waals surface area contributed by atoms with Gasteiger partial charge in [0.25, 0.3) is 0 Å². The summed E-state index contributed by atoms with van der Waals surface area (Å²) in [6.07, 6.45) is 0.658. The van der Waals surface area contributed by atoms with Gasteiger partial charge >= 0.3 is 0 Å². The highest BCUT2D eigenvalue weighted by Crippen LogP contribution is 2.49. The fourth-order valence-electron chi connectivity index (χ4n) is 5.04. The number of hydrogen-bond donors (Lipinski definition) is 1. The van der Waals surface area contributed by atoms with Gasteiger partial charge in [-0.2, -0.15) is 5.10 Å². The van der Waals surface area contributed by atoms with Crippen molar-refractivity contribution in [2.24, 2.45) is 0 Å². The van der Waals surface area contributed by atoms with Crippen LogP contribution in [0.4, 0.5) is 10.2 Å². The summed E-state index contributed by atoms with van der Waals surface area (Å²) < 4.78 is 22.2. The van der Waals surface area contributed by atoms with Gasteiger partial charge in [0.1, 0.15) is 18.2 Å². The van der Waals surface area contributed by atoms with E-state index >= 15 is 4.39 Å². The van der Waals surface area contributed by atoms with E-state index < -0.39 is 5.25 Å². The predicted molar refractivity (Wildman–Crippen MR) is 161 cm³/mol. The molecule has 4 aromatic rings. The summed E-state index contributed by atoms with van der Waals surface area (Å²) in [7, 11) is 1.61. The van der Waals surface area contributed by atoms with Crippen LogP contribution in [0, 0.1) is 19.7 Å². The lowest BCUT2D eigenvalue weighted by Crippen LogP contribution is -2.42. The molecule has 2 heterocycles. The highest BCUT2D eigenvalue weighted by atomic mass is 32.2. The number of hydrogen-bond acceptors (Lipinski definition) is 5. The third kappa shape index (κ3) is 5.92. The number of aryl methyl sites for hydroxylation is 1. The van der Waals surface area contributed by atoms with Gasteiger partial charge in [0.05, 0.1) is 22.4 Å². The largest absolute Gasteiger partial charge is 0.385 e. The maximum Gasteiger partial charge on any atom is 0.240 e. The van der Waals surface area contributed by atoms with Gasteiger partial charge in [0.15, 0.2) is 0 Å². The number of thioether (sulfide) groups is 1.